The number of unbranched alkanes of at least 4 members (excludes halogenated alkanes) is 2. The summed E-state index contributed by atoms with van der Waals surface area (Å²) in [6.07, 6.45) is 3.84. The van der Waals surface area contributed by atoms with Gasteiger partial charge in [-0.05, 0) is 79.3 Å². The zero-order chi connectivity index (χ0) is 27.5. The summed E-state index contributed by atoms with van der Waals surface area (Å²) in [6, 6.07) is 17.5. The number of anilines is 2. The Morgan fingerprint density at radius 1 is 1.08 bits per heavy atom. The predicted octanol–water partition coefficient (Wildman–Crippen LogP) is 5.96. The number of halogens is 2. The van der Waals surface area contributed by atoms with Crippen LogP contribution in [-0.4, -0.2) is 29.2 Å². The summed E-state index contributed by atoms with van der Waals surface area (Å²) < 4.78 is 13.8. The van der Waals surface area contributed by atoms with E-state index in [0.29, 0.717) is 29.2 Å². The van der Waals surface area contributed by atoms with Crippen LogP contribution in [0.2, 0.25) is 5.02 Å². The Labute approximate surface area is 231 Å². The zero-order valence-electron chi connectivity index (χ0n) is 21.4. The second kappa shape index (κ2) is 11.5. The van der Waals surface area contributed by atoms with E-state index in [0.717, 1.165) is 53.8 Å². The average molecular weight is 549 g/mol. The van der Waals surface area contributed by atoms with Crippen molar-refractivity contribution in [3.63, 3.8) is 0 Å². The van der Waals surface area contributed by atoms with Gasteiger partial charge >= 0.3 is 5.97 Å². The number of aliphatic carboxylic acids is 1. The lowest BCUT2D eigenvalue weighted by Crippen LogP contribution is -2.29. The highest BCUT2D eigenvalue weighted by Gasteiger charge is 2.42. The van der Waals surface area contributed by atoms with Crippen LogP contribution in [0.4, 0.5) is 15.8 Å². The molecule has 1 amide bonds. The minimum absolute atomic E-state index is 0.0739. The molecule has 1 aliphatic carbocycles. The molecule has 0 spiro atoms. The molecular weight excluding hydrogens is 519 g/mol. The van der Waals surface area contributed by atoms with Gasteiger partial charge in [0.15, 0.2) is 0 Å². The summed E-state index contributed by atoms with van der Waals surface area (Å²) in [7, 11) is 0. The number of rotatable bonds is 9. The number of carboxylic acids is 1. The number of amides is 1. The molecule has 2 atom stereocenters. The predicted molar refractivity (Wildman–Crippen MR) is 151 cm³/mol. The first kappa shape index (κ1) is 26.7. The van der Waals surface area contributed by atoms with Gasteiger partial charge in [0.25, 0.3) is 5.91 Å². The number of carboxylic acid groups (broad SMARTS) is 1. The number of nitrogens with one attached hydrogen (secondary N) is 1. The average Bonchev–Trinajstić information content (AvgIpc) is 3.32. The van der Waals surface area contributed by atoms with Crippen LogP contribution in [-0.2, 0) is 11.2 Å². The van der Waals surface area contributed by atoms with Crippen molar-refractivity contribution in [2.24, 2.45) is 11.0 Å². The Kier molecular flexibility index (Phi) is 7.84. The quantitative estimate of drug-likeness (QED) is 0.226. The van der Waals surface area contributed by atoms with Crippen LogP contribution in [0.15, 0.2) is 65.8 Å². The van der Waals surface area contributed by atoms with Gasteiger partial charge in [0.05, 0.1) is 28.2 Å². The third-order valence-electron chi connectivity index (χ3n) is 7.39. The molecule has 7 nitrogen and oxygen atoms in total. The standard InChI is InChI=1S/C30H30ClFN4O3/c31-25-17-22(11-14-26(25)33)36-29(18-5-9-21(32)10-6-18)24-13-7-19-16-20(8-12-23(19)28(24)35-36)30(39)34-15-3-1-2-4-27(37)38/h5-6,8-12,14,16-17,24,29H,1-4,7,13,15,33H2,(H,34,39)(H,37,38)/t24-,29-/m0/s1. The second-order valence-corrected chi connectivity index (χ2v) is 10.4. The molecule has 3 aromatic carbocycles. The molecule has 39 heavy (non-hydrogen) atoms. The minimum atomic E-state index is -0.799. The molecule has 202 valence electrons. The van der Waals surface area contributed by atoms with Crippen molar-refractivity contribution >= 4 is 40.6 Å². The number of carbonyl (C=O) groups is 2. The van der Waals surface area contributed by atoms with E-state index in [9.17, 15) is 14.0 Å². The van der Waals surface area contributed by atoms with Gasteiger partial charge in [-0.1, -0.05) is 36.2 Å². The van der Waals surface area contributed by atoms with Gasteiger partial charge in [0.1, 0.15) is 5.82 Å². The van der Waals surface area contributed by atoms with Crippen molar-refractivity contribution in [2.75, 3.05) is 17.3 Å². The molecule has 1 heterocycles. The van der Waals surface area contributed by atoms with Gasteiger partial charge in [-0.2, -0.15) is 5.10 Å². The Hall–Kier alpha value is -3.91. The summed E-state index contributed by atoms with van der Waals surface area (Å²) in [5.41, 5.74) is 11.8. The van der Waals surface area contributed by atoms with Crippen LogP contribution in [0.3, 0.4) is 0 Å². The molecule has 0 saturated heterocycles. The first-order valence-electron chi connectivity index (χ1n) is 13.1. The Bertz CT molecular complexity index is 1430. The lowest BCUT2D eigenvalue weighted by Gasteiger charge is -2.31. The number of aryl methyl sites for hydroxylation is 1. The fraction of sp³-hybridized carbons (Fsp3) is 0.300. The number of hydrogen-bond acceptors (Lipinski definition) is 5. The largest absolute Gasteiger partial charge is 0.481 e. The van der Waals surface area contributed by atoms with Crippen molar-refractivity contribution in [2.45, 2.75) is 44.6 Å². The highest BCUT2D eigenvalue weighted by Crippen LogP contribution is 2.46. The highest BCUT2D eigenvalue weighted by molar-refractivity contribution is 6.33. The highest BCUT2D eigenvalue weighted by atomic mass is 35.5. The summed E-state index contributed by atoms with van der Waals surface area (Å²) in [6.45, 7) is 0.503. The summed E-state index contributed by atoms with van der Waals surface area (Å²) in [4.78, 5) is 23.4. The van der Waals surface area contributed by atoms with Crippen molar-refractivity contribution < 1.29 is 19.1 Å². The number of nitrogen functional groups attached to an aromatic ring is 1. The maximum Gasteiger partial charge on any atom is 0.303 e. The van der Waals surface area contributed by atoms with Crippen molar-refractivity contribution in [3.8, 4) is 0 Å². The molecular formula is C30H30ClFN4O3. The normalized spacial score (nSPS) is 17.8. The number of nitrogens with zero attached hydrogens (tertiary/aromatic N) is 2. The van der Waals surface area contributed by atoms with Crippen LogP contribution in [0.5, 0.6) is 0 Å². The minimum Gasteiger partial charge on any atom is -0.481 e. The fourth-order valence-electron chi connectivity index (χ4n) is 5.42. The van der Waals surface area contributed by atoms with E-state index in [-0.39, 0.29) is 30.1 Å². The van der Waals surface area contributed by atoms with Crippen molar-refractivity contribution in [1.29, 1.82) is 0 Å². The monoisotopic (exact) mass is 548 g/mol. The van der Waals surface area contributed by atoms with Gasteiger partial charge in [0.2, 0.25) is 0 Å². The van der Waals surface area contributed by atoms with E-state index in [1.807, 2.05) is 29.3 Å². The van der Waals surface area contributed by atoms with Crippen molar-refractivity contribution in [3.05, 3.63) is 93.8 Å². The van der Waals surface area contributed by atoms with Gasteiger partial charge < -0.3 is 16.2 Å². The molecule has 5 rings (SSSR count). The smallest absolute Gasteiger partial charge is 0.303 e. The fourth-order valence-corrected chi connectivity index (χ4v) is 5.59. The molecule has 0 saturated carbocycles. The SMILES string of the molecule is Nc1ccc(N2N=C3c4ccc(C(=O)NCCCCCC(=O)O)cc4CC[C@@H]3[C@@H]2c2ccc(F)cc2)cc1Cl. The first-order valence-corrected chi connectivity index (χ1v) is 13.5. The van der Waals surface area contributed by atoms with Crippen molar-refractivity contribution in [1.82, 2.24) is 5.32 Å². The topological polar surface area (TPSA) is 108 Å². The second-order valence-electron chi connectivity index (χ2n) is 10.0. The molecule has 3 aromatic rings. The molecule has 2 aliphatic rings. The maximum atomic E-state index is 13.8. The Morgan fingerprint density at radius 2 is 1.87 bits per heavy atom. The molecule has 0 aromatic heterocycles. The van der Waals surface area contributed by atoms with E-state index in [1.165, 1.54) is 12.1 Å². The van der Waals surface area contributed by atoms with Crippen LogP contribution < -0.4 is 16.1 Å². The molecule has 0 radical (unpaired) electrons. The van der Waals surface area contributed by atoms with Crippen LogP contribution >= 0.6 is 11.6 Å². The molecule has 9 heteroatoms. The van der Waals surface area contributed by atoms with Crippen LogP contribution in [0.25, 0.3) is 0 Å². The Morgan fingerprint density at radius 3 is 2.62 bits per heavy atom. The summed E-state index contributed by atoms with van der Waals surface area (Å²) in [5.74, 6) is -1.16. The number of hydrazone groups is 1. The Balaban J connectivity index is 1.38. The van der Waals surface area contributed by atoms with Gasteiger partial charge in [-0.25, -0.2) is 4.39 Å². The third kappa shape index (κ3) is 5.76. The number of benzene rings is 3. The summed E-state index contributed by atoms with van der Waals surface area (Å²) >= 11 is 6.35. The van der Waals surface area contributed by atoms with E-state index >= 15 is 0 Å². The number of hydrogen-bond donors (Lipinski definition) is 3. The molecule has 0 unspecified atom stereocenters. The maximum absolute atomic E-state index is 13.8. The lowest BCUT2D eigenvalue weighted by molar-refractivity contribution is -0.137. The molecule has 4 N–H and O–H groups in total. The van der Waals surface area contributed by atoms with Gasteiger partial charge in [-0.15, -0.1) is 0 Å². The van der Waals surface area contributed by atoms with E-state index in [1.54, 1.807) is 24.3 Å². The first-order chi connectivity index (χ1) is 18.8. The zero-order valence-corrected chi connectivity index (χ0v) is 22.1. The van der Waals surface area contributed by atoms with Crippen LogP contribution in [0.1, 0.15) is 65.2 Å². The molecule has 0 bridgehead atoms. The molecule has 1 aliphatic heterocycles. The number of fused-ring (bicyclic) bond motifs is 3. The third-order valence-corrected chi connectivity index (χ3v) is 7.72. The number of carbonyl (C=O) groups excluding carboxylic acids is 1. The lowest BCUT2D eigenvalue weighted by atomic mass is 9.77. The van der Waals surface area contributed by atoms with E-state index < -0.39 is 5.97 Å². The van der Waals surface area contributed by atoms with E-state index in [4.69, 9.17) is 27.5 Å². The van der Waals surface area contributed by atoms with Gasteiger partial charge in [0, 0.05) is 30.0 Å². The molecule has 0 fully saturated rings. The van der Waals surface area contributed by atoms with E-state index in [2.05, 4.69) is 5.32 Å². The van der Waals surface area contributed by atoms with Crippen LogP contribution in [0, 0.1) is 11.7 Å². The van der Waals surface area contributed by atoms with Gasteiger partial charge in [-0.3, -0.25) is 14.6 Å². The summed E-state index contributed by atoms with van der Waals surface area (Å²) in [5, 5.41) is 19.1. The number of nitrogens with two attached hydrogens (primary N) is 1.